The molecule has 3 rings (SSSR count). The molecule has 6 heteroatoms. The zero-order valence-electron chi connectivity index (χ0n) is 13.8. The zero-order chi connectivity index (χ0) is 17.3. The first-order valence-corrected chi connectivity index (χ1v) is 9.55. The van der Waals surface area contributed by atoms with E-state index in [4.69, 9.17) is 0 Å². The molecule has 0 radical (unpaired) electrons. The maximum absolute atomic E-state index is 11.8. The molecule has 0 bridgehead atoms. The molecule has 0 saturated carbocycles. The van der Waals surface area contributed by atoms with Crippen LogP contribution in [0.25, 0.3) is 10.9 Å². The summed E-state index contributed by atoms with van der Waals surface area (Å²) in [4.78, 5) is 8.72. The van der Waals surface area contributed by atoms with Crippen molar-refractivity contribution in [1.82, 2.24) is 9.97 Å². The van der Waals surface area contributed by atoms with Crippen LogP contribution in [0.5, 0.6) is 0 Å². The predicted molar refractivity (Wildman–Crippen MR) is 96.5 cm³/mol. The van der Waals surface area contributed by atoms with Gasteiger partial charge in [0.2, 0.25) is 0 Å². The molecule has 0 fully saturated rings. The number of nitrogens with one attached hydrogen (secondary N) is 1. The highest BCUT2D eigenvalue weighted by molar-refractivity contribution is 7.90. The summed E-state index contributed by atoms with van der Waals surface area (Å²) in [5.74, 6) is 1.05. The third kappa shape index (κ3) is 3.38. The van der Waals surface area contributed by atoms with Crippen LogP contribution in [0, 0.1) is 0 Å². The Morgan fingerprint density at radius 3 is 2.33 bits per heavy atom. The first-order chi connectivity index (χ1) is 11.3. The molecule has 0 aliphatic carbocycles. The molecular weight excluding hydrogens is 322 g/mol. The number of anilines is 2. The SMILES string of the molecule is CC(C)c1ccc(Nc2ncnc3ccc(S(C)(=O)=O)cc23)cc1. The Hall–Kier alpha value is -2.47. The molecule has 0 amide bonds. The number of nitrogens with zero attached hydrogens (tertiary/aromatic N) is 2. The molecule has 24 heavy (non-hydrogen) atoms. The normalized spacial score (nSPS) is 11.8. The van der Waals surface area contributed by atoms with Gasteiger partial charge in [0.1, 0.15) is 12.1 Å². The number of fused-ring (bicyclic) bond motifs is 1. The highest BCUT2D eigenvalue weighted by atomic mass is 32.2. The lowest BCUT2D eigenvalue weighted by atomic mass is 10.0. The van der Waals surface area contributed by atoms with Gasteiger partial charge in [-0.15, -0.1) is 0 Å². The Bertz CT molecular complexity index is 981. The zero-order valence-corrected chi connectivity index (χ0v) is 14.6. The van der Waals surface area contributed by atoms with Gasteiger partial charge in [-0.1, -0.05) is 26.0 Å². The summed E-state index contributed by atoms with van der Waals surface area (Å²) in [5, 5.41) is 3.92. The lowest BCUT2D eigenvalue weighted by Crippen LogP contribution is -2.00. The van der Waals surface area contributed by atoms with Gasteiger partial charge in [0.15, 0.2) is 9.84 Å². The van der Waals surface area contributed by atoms with E-state index in [9.17, 15) is 8.42 Å². The summed E-state index contributed by atoms with van der Waals surface area (Å²) >= 11 is 0. The van der Waals surface area contributed by atoms with Crippen molar-refractivity contribution in [2.45, 2.75) is 24.7 Å². The smallest absolute Gasteiger partial charge is 0.175 e. The predicted octanol–water partition coefficient (Wildman–Crippen LogP) is 3.90. The summed E-state index contributed by atoms with van der Waals surface area (Å²) in [6.07, 6.45) is 2.66. The van der Waals surface area contributed by atoms with E-state index >= 15 is 0 Å². The van der Waals surface area contributed by atoms with Crippen LogP contribution in [0.1, 0.15) is 25.3 Å². The van der Waals surface area contributed by atoms with Gasteiger partial charge in [-0.2, -0.15) is 0 Å². The Balaban J connectivity index is 2.02. The Morgan fingerprint density at radius 1 is 1.00 bits per heavy atom. The van der Waals surface area contributed by atoms with Gasteiger partial charge >= 0.3 is 0 Å². The number of hydrogen-bond acceptors (Lipinski definition) is 5. The topological polar surface area (TPSA) is 72.0 Å². The molecule has 0 unspecified atom stereocenters. The quantitative estimate of drug-likeness (QED) is 0.779. The molecular formula is C18H19N3O2S. The van der Waals surface area contributed by atoms with Gasteiger partial charge in [0.05, 0.1) is 10.4 Å². The van der Waals surface area contributed by atoms with Crippen LogP contribution < -0.4 is 5.32 Å². The van der Waals surface area contributed by atoms with Crippen LogP contribution in [0.15, 0.2) is 53.7 Å². The van der Waals surface area contributed by atoms with Crippen molar-refractivity contribution in [2.75, 3.05) is 11.6 Å². The number of rotatable bonds is 4. The third-order valence-electron chi connectivity index (χ3n) is 3.88. The number of sulfone groups is 1. The molecule has 0 aliphatic rings. The highest BCUT2D eigenvalue weighted by Crippen LogP contribution is 2.26. The minimum atomic E-state index is -3.28. The lowest BCUT2D eigenvalue weighted by Gasteiger charge is -2.11. The molecule has 124 valence electrons. The second-order valence-corrected chi connectivity index (χ2v) is 8.09. The van der Waals surface area contributed by atoms with E-state index in [2.05, 4.69) is 41.3 Å². The molecule has 1 aromatic heterocycles. The monoisotopic (exact) mass is 341 g/mol. The first-order valence-electron chi connectivity index (χ1n) is 7.66. The second kappa shape index (κ2) is 6.20. The van der Waals surface area contributed by atoms with Gasteiger partial charge in [-0.3, -0.25) is 0 Å². The average Bonchev–Trinajstić information content (AvgIpc) is 2.54. The Labute approximate surface area is 141 Å². The van der Waals surface area contributed by atoms with Crippen LogP contribution in [-0.4, -0.2) is 24.6 Å². The maximum atomic E-state index is 11.8. The van der Waals surface area contributed by atoms with E-state index < -0.39 is 9.84 Å². The van der Waals surface area contributed by atoms with Gasteiger partial charge in [-0.25, -0.2) is 18.4 Å². The Morgan fingerprint density at radius 2 is 1.71 bits per heavy atom. The van der Waals surface area contributed by atoms with Gasteiger partial charge in [-0.05, 0) is 41.8 Å². The summed E-state index contributed by atoms with van der Waals surface area (Å²) in [6.45, 7) is 4.29. The van der Waals surface area contributed by atoms with E-state index in [-0.39, 0.29) is 4.90 Å². The summed E-state index contributed by atoms with van der Waals surface area (Å²) < 4.78 is 23.6. The first kappa shape index (κ1) is 16.4. The minimum Gasteiger partial charge on any atom is -0.340 e. The van der Waals surface area contributed by atoms with E-state index in [1.807, 2.05) is 12.1 Å². The van der Waals surface area contributed by atoms with E-state index in [0.29, 0.717) is 22.6 Å². The van der Waals surface area contributed by atoms with Crippen molar-refractivity contribution in [3.63, 3.8) is 0 Å². The van der Waals surface area contributed by atoms with Crippen LogP contribution in [0.2, 0.25) is 0 Å². The van der Waals surface area contributed by atoms with E-state index in [1.165, 1.54) is 18.1 Å². The lowest BCUT2D eigenvalue weighted by molar-refractivity contribution is 0.602. The fourth-order valence-electron chi connectivity index (χ4n) is 2.45. The van der Waals surface area contributed by atoms with Crippen molar-refractivity contribution < 1.29 is 8.42 Å². The number of benzene rings is 2. The van der Waals surface area contributed by atoms with Crippen molar-refractivity contribution in [1.29, 1.82) is 0 Å². The third-order valence-corrected chi connectivity index (χ3v) is 4.99. The summed E-state index contributed by atoms with van der Waals surface area (Å²) in [5.41, 5.74) is 2.84. The minimum absolute atomic E-state index is 0.253. The van der Waals surface area contributed by atoms with Crippen molar-refractivity contribution in [2.24, 2.45) is 0 Å². The molecule has 1 N–H and O–H groups in total. The molecule has 5 nitrogen and oxygen atoms in total. The second-order valence-electron chi connectivity index (χ2n) is 6.08. The molecule has 1 heterocycles. The van der Waals surface area contributed by atoms with Gasteiger partial charge < -0.3 is 5.32 Å². The largest absolute Gasteiger partial charge is 0.340 e. The fraction of sp³-hybridized carbons (Fsp3) is 0.222. The van der Waals surface area contributed by atoms with Crippen LogP contribution in [0.4, 0.5) is 11.5 Å². The van der Waals surface area contributed by atoms with E-state index in [0.717, 1.165) is 5.69 Å². The highest BCUT2D eigenvalue weighted by Gasteiger charge is 2.11. The number of hydrogen-bond donors (Lipinski definition) is 1. The van der Waals surface area contributed by atoms with Crippen LogP contribution in [-0.2, 0) is 9.84 Å². The molecule has 2 aromatic carbocycles. The standard InChI is InChI=1S/C18H19N3O2S/c1-12(2)13-4-6-14(7-5-13)21-18-16-10-15(24(3,22)23)8-9-17(16)19-11-20-18/h4-12H,1-3H3,(H,19,20,21). The molecule has 0 aliphatic heterocycles. The summed E-state index contributed by atoms with van der Waals surface area (Å²) in [6, 6.07) is 13.0. The van der Waals surface area contributed by atoms with Crippen LogP contribution >= 0.6 is 0 Å². The van der Waals surface area contributed by atoms with Gasteiger partial charge in [0.25, 0.3) is 0 Å². The fourth-order valence-corrected chi connectivity index (χ4v) is 3.10. The average molecular weight is 341 g/mol. The van der Waals surface area contributed by atoms with E-state index in [1.54, 1.807) is 18.2 Å². The van der Waals surface area contributed by atoms with Crippen molar-refractivity contribution >= 4 is 32.2 Å². The number of aromatic nitrogens is 2. The molecule has 0 atom stereocenters. The Kier molecular flexibility index (Phi) is 4.24. The summed E-state index contributed by atoms with van der Waals surface area (Å²) in [7, 11) is -3.28. The van der Waals surface area contributed by atoms with Crippen molar-refractivity contribution in [3.8, 4) is 0 Å². The maximum Gasteiger partial charge on any atom is 0.175 e. The van der Waals surface area contributed by atoms with Crippen LogP contribution in [0.3, 0.4) is 0 Å². The van der Waals surface area contributed by atoms with Gasteiger partial charge in [0, 0.05) is 17.3 Å². The molecule has 0 spiro atoms. The van der Waals surface area contributed by atoms with Crippen molar-refractivity contribution in [3.05, 3.63) is 54.4 Å². The molecule has 0 saturated heterocycles. The molecule has 3 aromatic rings.